The van der Waals surface area contributed by atoms with Crippen molar-refractivity contribution in [2.24, 2.45) is 11.8 Å². The second-order valence-corrected chi connectivity index (χ2v) is 7.50. The van der Waals surface area contributed by atoms with Crippen molar-refractivity contribution in [3.8, 4) is 0 Å². The molecule has 0 heterocycles. The Bertz CT molecular complexity index is 429. The molecule has 0 spiro atoms. The molecule has 2 nitrogen and oxygen atoms in total. The fourth-order valence-corrected chi connectivity index (χ4v) is 3.16. The molecule has 0 bridgehead atoms. The first kappa shape index (κ1) is 22.7. The van der Waals surface area contributed by atoms with Crippen molar-refractivity contribution >= 4 is 5.97 Å². The van der Waals surface area contributed by atoms with Gasteiger partial charge in [-0.2, -0.15) is 0 Å². The molecule has 0 aromatic heterocycles. The summed E-state index contributed by atoms with van der Waals surface area (Å²) in [5, 5.41) is 0. The molecule has 0 radical (unpaired) electrons. The molecular formula is C24H40O2. The van der Waals surface area contributed by atoms with Crippen molar-refractivity contribution in [3.05, 3.63) is 36.5 Å². The summed E-state index contributed by atoms with van der Waals surface area (Å²) in [5.41, 5.74) is 0. The number of hydrogen-bond acceptors (Lipinski definition) is 2. The van der Waals surface area contributed by atoms with Crippen molar-refractivity contribution in [1.82, 2.24) is 0 Å². The zero-order valence-electron chi connectivity index (χ0n) is 17.1. The van der Waals surface area contributed by atoms with Gasteiger partial charge >= 0.3 is 5.97 Å². The quantitative estimate of drug-likeness (QED) is 0.166. The number of unbranched alkanes of at least 4 members (excludes halogenated alkanes) is 6. The Morgan fingerprint density at radius 3 is 2.27 bits per heavy atom. The normalized spacial score (nSPS) is 16.1. The van der Waals surface area contributed by atoms with Gasteiger partial charge in [-0.3, -0.25) is 4.79 Å². The van der Waals surface area contributed by atoms with E-state index in [-0.39, 0.29) is 5.97 Å². The number of ether oxygens (including phenoxy) is 1. The summed E-state index contributed by atoms with van der Waals surface area (Å²) in [6.45, 7) is 2.26. The molecule has 1 rings (SSSR count). The molecule has 1 atom stereocenters. The van der Waals surface area contributed by atoms with Crippen LogP contribution < -0.4 is 0 Å². The highest BCUT2D eigenvalue weighted by Crippen LogP contribution is 2.39. The van der Waals surface area contributed by atoms with Gasteiger partial charge in [0, 0.05) is 6.42 Å². The summed E-state index contributed by atoms with van der Waals surface area (Å²) < 4.78 is 4.63. The molecule has 26 heavy (non-hydrogen) atoms. The Morgan fingerprint density at radius 2 is 1.58 bits per heavy atom. The highest BCUT2D eigenvalue weighted by molar-refractivity contribution is 5.69. The van der Waals surface area contributed by atoms with Gasteiger partial charge in [-0.25, -0.2) is 0 Å². The van der Waals surface area contributed by atoms with Crippen LogP contribution in [0.5, 0.6) is 0 Å². The van der Waals surface area contributed by atoms with E-state index in [2.05, 4.69) is 48.1 Å². The van der Waals surface area contributed by atoms with E-state index in [9.17, 15) is 4.79 Å². The molecule has 0 N–H and O–H groups in total. The van der Waals surface area contributed by atoms with Crippen LogP contribution in [0.2, 0.25) is 0 Å². The second-order valence-electron chi connectivity index (χ2n) is 7.50. The first-order chi connectivity index (χ1) is 12.8. The Kier molecular flexibility index (Phi) is 13.9. The van der Waals surface area contributed by atoms with E-state index >= 15 is 0 Å². The summed E-state index contributed by atoms with van der Waals surface area (Å²) in [6, 6.07) is 0. The lowest BCUT2D eigenvalue weighted by Gasteiger charge is -2.08. The highest BCUT2D eigenvalue weighted by Gasteiger charge is 2.28. The second kappa shape index (κ2) is 15.9. The molecule has 0 aromatic carbocycles. The Morgan fingerprint density at radius 1 is 0.923 bits per heavy atom. The summed E-state index contributed by atoms with van der Waals surface area (Å²) in [6.07, 6.45) is 29.4. The van der Waals surface area contributed by atoms with Gasteiger partial charge in [-0.15, -0.1) is 0 Å². The first-order valence-electron chi connectivity index (χ1n) is 10.8. The largest absolute Gasteiger partial charge is 0.469 e. The molecule has 1 saturated carbocycles. The van der Waals surface area contributed by atoms with Crippen LogP contribution in [0, 0.1) is 11.8 Å². The van der Waals surface area contributed by atoms with Crippen LogP contribution in [0.4, 0.5) is 0 Å². The van der Waals surface area contributed by atoms with E-state index in [1.165, 1.54) is 64.9 Å². The maximum absolute atomic E-state index is 11.0. The minimum absolute atomic E-state index is 0.107. The van der Waals surface area contributed by atoms with Gasteiger partial charge in [0.1, 0.15) is 0 Å². The van der Waals surface area contributed by atoms with Crippen LogP contribution in [0.3, 0.4) is 0 Å². The average molecular weight is 361 g/mol. The maximum atomic E-state index is 11.0. The molecule has 0 aliphatic heterocycles. The van der Waals surface area contributed by atoms with Crippen molar-refractivity contribution in [1.29, 1.82) is 0 Å². The highest BCUT2D eigenvalue weighted by atomic mass is 16.5. The third-order valence-electron chi connectivity index (χ3n) is 5.05. The van der Waals surface area contributed by atoms with E-state index < -0.39 is 0 Å². The molecule has 1 aliphatic rings. The van der Waals surface area contributed by atoms with Crippen LogP contribution in [-0.4, -0.2) is 13.1 Å². The molecule has 0 saturated heterocycles. The molecule has 0 unspecified atom stereocenters. The minimum atomic E-state index is -0.107. The zero-order chi connectivity index (χ0) is 18.9. The van der Waals surface area contributed by atoms with Crippen LogP contribution in [0.1, 0.15) is 90.4 Å². The van der Waals surface area contributed by atoms with E-state index in [4.69, 9.17) is 0 Å². The van der Waals surface area contributed by atoms with Gasteiger partial charge in [0.05, 0.1) is 7.11 Å². The summed E-state index contributed by atoms with van der Waals surface area (Å²) >= 11 is 0. The SMILES string of the molecule is CCCCC/C=C\C[C@@H](/C=C/CCC/C=C\CCCC(=O)OC)C1CC1. The van der Waals surface area contributed by atoms with Crippen LogP contribution >= 0.6 is 0 Å². The summed E-state index contributed by atoms with van der Waals surface area (Å²) in [4.78, 5) is 11.0. The van der Waals surface area contributed by atoms with E-state index in [1.807, 2.05) is 0 Å². The molecule has 0 aromatic rings. The molecular weight excluding hydrogens is 320 g/mol. The minimum Gasteiger partial charge on any atom is -0.469 e. The maximum Gasteiger partial charge on any atom is 0.305 e. The van der Waals surface area contributed by atoms with Crippen LogP contribution in [0.15, 0.2) is 36.5 Å². The lowest BCUT2D eigenvalue weighted by Crippen LogP contribution is -1.98. The van der Waals surface area contributed by atoms with Crippen molar-refractivity contribution in [2.75, 3.05) is 7.11 Å². The Labute approximate surface area is 161 Å². The predicted octanol–water partition coefficient (Wildman–Crippen LogP) is 7.17. The summed E-state index contributed by atoms with van der Waals surface area (Å²) in [7, 11) is 1.45. The first-order valence-corrected chi connectivity index (χ1v) is 10.8. The van der Waals surface area contributed by atoms with E-state index in [0.29, 0.717) is 6.42 Å². The number of esters is 1. The van der Waals surface area contributed by atoms with Crippen molar-refractivity contribution in [3.63, 3.8) is 0 Å². The molecule has 0 amide bonds. The van der Waals surface area contributed by atoms with E-state index in [1.54, 1.807) is 0 Å². The lowest BCUT2D eigenvalue weighted by molar-refractivity contribution is -0.140. The van der Waals surface area contributed by atoms with Gasteiger partial charge in [0.25, 0.3) is 0 Å². The van der Waals surface area contributed by atoms with Gasteiger partial charge in [0.15, 0.2) is 0 Å². The number of methoxy groups -OCH3 is 1. The van der Waals surface area contributed by atoms with Crippen molar-refractivity contribution in [2.45, 2.75) is 90.4 Å². The Balaban J connectivity index is 2.06. The molecule has 2 heteroatoms. The van der Waals surface area contributed by atoms with Crippen molar-refractivity contribution < 1.29 is 9.53 Å². The average Bonchev–Trinajstić information content (AvgIpc) is 3.49. The third kappa shape index (κ3) is 13.0. The third-order valence-corrected chi connectivity index (χ3v) is 5.05. The number of carbonyl (C=O) groups is 1. The zero-order valence-corrected chi connectivity index (χ0v) is 17.1. The topological polar surface area (TPSA) is 26.3 Å². The standard InChI is InChI=1S/C24H40O2/c1-3-4-5-6-11-14-17-22(23-20-21-23)18-15-12-9-7-8-10-13-16-19-24(25)26-2/h8,10-11,14-15,18,22-23H,3-7,9,12-13,16-17,19-21H2,1-2H3/b10-8-,14-11-,18-15+/t22-/m0/s1. The number of rotatable bonds is 16. The van der Waals surface area contributed by atoms with Gasteiger partial charge in [-0.1, -0.05) is 56.2 Å². The number of allylic oxidation sites excluding steroid dienone is 6. The van der Waals surface area contributed by atoms with Gasteiger partial charge in [-0.05, 0) is 76.0 Å². The Hall–Kier alpha value is -1.31. The fraction of sp³-hybridized carbons (Fsp3) is 0.708. The summed E-state index contributed by atoms with van der Waals surface area (Å²) in [5.74, 6) is 1.61. The smallest absolute Gasteiger partial charge is 0.305 e. The molecule has 1 aliphatic carbocycles. The molecule has 148 valence electrons. The van der Waals surface area contributed by atoms with Gasteiger partial charge in [0.2, 0.25) is 0 Å². The van der Waals surface area contributed by atoms with E-state index in [0.717, 1.165) is 31.1 Å². The molecule has 1 fully saturated rings. The van der Waals surface area contributed by atoms with Crippen LogP contribution in [-0.2, 0) is 9.53 Å². The monoisotopic (exact) mass is 360 g/mol. The predicted molar refractivity (Wildman–Crippen MR) is 112 cm³/mol. The fourth-order valence-electron chi connectivity index (χ4n) is 3.16. The van der Waals surface area contributed by atoms with Gasteiger partial charge < -0.3 is 4.74 Å². The number of carbonyl (C=O) groups excluding carboxylic acids is 1. The lowest BCUT2D eigenvalue weighted by atomic mass is 9.98. The number of hydrogen-bond donors (Lipinski definition) is 0. The van der Waals surface area contributed by atoms with Crippen LogP contribution in [0.25, 0.3) is 0 Å².